The number of nitrogens with one attached hydrogen (secondary N) is 2. The van der Waals surface area contributed by atoms with E-state index in [1.807, 2.05) is 31.2 Å². The number of hydrogen-bond donors (Lipinski definition) is 3. The molecule has 1 saturated heterocycles. The van der Waals surface area contributed by atoms with E-state index < -0.39 is 0 Å². The average Bonchev–Trinajstić information content (AvgIpc) is 2.91. The summed E-state index contributed by atoms with van der Waals surface area (Å²) in [6.07, 6.45) is 5.27. The normalized spacial score (nSPS) is 17.6. The van der Waals surface area contributed by atoms with Crippen LogP contribution in [0.5, 0.6) is 0 Å². The molecule has 140 valence electrons. The molecule has 27 heavy (non-hydrogen) atoms. The van der Waals surface area contributed by atoms with Crippen LogP contribution in [0, 0.1) is 12.7 Å². The predicted octanol–water partition coefficient (Wildman–Crippen LogP) is 4.49. The Labute approximate surface area is 159 Å². The molecule has 1 aliphatic heterocycles. The number of halogens is 1. The Kier molecular flexibility index (Phi) is 4.94. The first-order chi connectivity index (χ1) is 13.1. The van der Waals surface area contributed by atoms with Gasteiger partial charge in [-0.2, -0.15) is 0 Å². The predicted molar refractivity (Wildman–Crippen MR) is 110 cm³/mol. The summed E-state index contributed by atoms with van der Waals surface area (Å²) < 4.78 is 14.6. The number of nitrogens with zero attached hydrogens (tertiary/aromatic N) is 1. The fraction of sp³-hybridized carbons (Fsp3) is 0.318. The average molecular weight is 364 g/mol. The van der Waals surface area contributed by atoms with E-state index in [2.05, 4.69) is 15.6 Å². The number of aryl methyl sites for hydroxylation is 1. The second-order valence-electron chi connectivity index (χ2n) is 7.33. The Morgan fingerprint density at radius 3 is 2.96 bits per heavy atom. The van der Waals surface area contributed by atoms with Gasteiger partial charge < -0.3 is 16.4 Å². The van der Waals surface area contributed by atoms with Crippen molar-refractivity contribution in [2.75, 3.05) is 24.1 Å². The quantitative estimate of drug-likeness (QED) is 0.641. The molecule has 1 atom stereocenters. The van der Waals surface area contributed by atoms with E-state index >= 15 is 0 Å². The van der Waals surface area contributed by atoms with Gasteiger partial charge in [-0.05, 0) is 61.7 Å². The number of nitrogens with two attached hydrogens (primary N) is 1. The van der Waals surface area contributed by atoms with Gasteiger partial charge in [0.2, 0.25) is 0 Å². The van der Waals surface area contributed by atoms with Gasteiger partial charge in [-0.3, -0.25) is 0 Å². The smallest absolute Gasteiger partial charge is 0.131 e. The summed E-state index contributed by atoms with van der Waals surface area (Å²) in [4.78, 5) is 4.23. The van der Waals surface area contributed by atoms with Gasteiger partial charge in [-0.1, -0.05) is 18.6 Å². The SMILES string of the molecule is Cc1cccc(F)c1-c1cc(N[C@@H]2CCCCNC2)c2cc(N)ncc2c1. The molecule has 0 spiro atoms. The number of rotatable bonds is 3. The molecule has 4 nitrogen and oxygen atoms in total. The van der Waals surface area contributed by atoms with Gasteiger partial charge in [0.15, 0.2) is 0 Å². The first-order valence-corrected chi connectivity index (χ1v) is 9.54. The van der Waals surface area contributed by atoms with Crippen LogP contribution in [0.2, 0.25) is 0 Å². The Bertz CT molecular complexity index is 942. The first-order valence-electron chi connectivity index (χ1n) is 9.54. The number of hydrogen-bond acceptors (Lipinski definition) is 4. The molecule has 0 aliphatic carbocycles. The van der Waals surface area contributed by atoms with Crippen molar-refractivity contribution in [3.05, 3.63) is 54.0 Å². The number of pyridine rings is 1. The summed E-state index contributed by atoms with van der Waals surface area (Å²) in [6, 6.07) is 11.4. The molecular formula is C22H25FN4. The standard InChI is InChI=1S/C22H25FN4/c1-14-5-4-7-19(23)22(14)15-9-16-12-26-21(24)11-18(16)20(10-15)27-17-6-2-3-8-25-13-17/h4-5,7,9-12,17,25,27H,2-3,6,8,13H2,1H3,(H2,24,26)/t17-/m1/s1. The van der Waals surface area contributed by atoms with Gasteiger partial charge in [0.1, 0.15) is 11.6 Å². The summed E-state index contributed by atoms with van der Waals surface area (Å²) >= 11 is 0. The molecule has 5 heteroatoms. The fourth-order valence-electron chi connectivity index (χ4n) is 3.90. The van der Waals surface area contributed by atoms with E-state index in [9.17, 15) is 4.39 Å². The third-order valence-corrected chi connectivity index (χ3v) is 5.27. The molecule has 0 radical (unpaired) electrons. The lowest BCUT2D eigenvalue weighted by atomic mass is 9.96. The Hall–Kier alpha value is -2.66. The number of fused-ring (bicyclic) bond motifs is 1. The molecule has 1 fully saturated rings. The van der Waals surface area contributed by atoms with Crippen LogP contribution in [0.4, 0.5) is 15.9 Å². The van der Waals surface area contributed by atoms with Gasteiger partial charge in [0.25, 0.3) is 0 Å². The van der Waals surface area contributed by atoms with Gasteiger partial charge in [-0.15, -0.1) is 0 Å². The highest BCUT2D eigenvalue weighted by atomic mass is 19.1. The maximum atomic E-state index is 14.6. The van der Waals surface area contributed by atoms with Gasteiger partial charge >= 0.3 is 0 Å². The molecule has 1 aromatic heterocycles. The minimum Gasteiger partial charge on any atom is -0.384 e. The van der Waals surface area contributed by atoms with E-state index in [4.69, 9.17) is 5.73 Å². The van der Waals surface area contributed by atoms with Crippen molar-refractivity contribution in [1.29, 1.82) is 0 Å². The van der Waals surface area contributed by atoms with Crippen LogP contribution in [-0.2, 0) is 0 Å². The van der Waals surface area contributed by atoms with Crippen LogP contribution >= 0.6 is 0 Å². The van der Waals surface area contributed by atoms with Crippen LogP contribution in [0.25, 0.3) is 21.9 Å². The van der Waals surface area contributed by atoms with Crippen molar-refractivity contribution >= 4 is 22.3 Å². The summed E-state index contributed by atoms with van der Waals surface area (Å²) in [5, 5.41) is 9.12. The first kappa shape index (κ1) is 17.7. The van der Waals surface area contributed by atoms with Crippen molar-refractivity contribution < 1.29 is 4.39 Å². The second-order valence-corrected chi connectivity index (χ2v) is 7.33. The number of benzene rings is 2. The van der Waals surface area contributed by atoms with Crippen LogP contribution in [-0.4, -0.2) is 24.1 Å². The third-order valence-electron chi connectivity index (χ3n) is 5.27. The summed E-state index contributed by atoms with van der Waals surface area (Å²) in [5.74, 6) is 0.277. The molecule has 2 aromatic carbocycles. The zero-order chi connectivity index (χ0) is 18.8. The highest BCUT2D eigenvalue weighted by molar-refractivity contribution is 5.98. The lowest BCUT2D eigenvalue weighted by Gasteiger charge is -2.21. The molecule has 0 unspecified atom stereocenters. The zero-order valence-corrected chi connectivity index (χ0v) is 15.6. The molecule has 1 aliphatic rings. The zero-order valence-electron chi connectivity index (χ0n) is 15.6. The lowest BCUT2D eigenvalue weighted by molar-refractivity contribution is 0.630. The maximum Gasteiger partial charge on any atom is 0.131 e. The van der Waals surface area contributed by atoms with Crippen LogP contribution in [0.15, 0.2) is 42.6 Å². The van der Waals surface area contributed by atoms with Crippen LogP contribution in [0.1, 0.15) is 24.8 Å². The second kappa shape index (κ2) is 7.53. The largest absolute Gasteiger partial charge is 0.384 e. The minimum atomic E-state index is -0.208. The number of anilines is 2. The molecular weight excluding hydrogens is 339 g/mol. The highest BCUT2D eigenvalue weighted by Crippen LogP contribution is 2.35. The number of aromatic nitrogens is 1. The van der Waals surface area contributed by atoms with Gasteiger partial charge in [0.05, 0.1) is 0 Å². The Morgan fingerprint density at radius 1 is 1.22 bits per heavy atom. The lowest BCUT2D eigenvalue weighted by Crippen LogP contribution is -2.31. The van der Waals surface area contributed by atoms with Gasteiger partial charge in [-0.25, -0.2) is 9.37 Å². The molecule has 0 saturated carbocycles. The number of nitrogen functional groups attached to an aromatic ring is 1. The summed E-state index contributed by atoms with van der Waals surface area (Å²) in [6.45, 7) is 3.92. The molecule has 0 bridgehead atoms. The van der Waals surface area contributed by atoms with E-state index in [0.29, 0.717) is 17.4 Å². The van der Waals surface area contributed by atoms with Crippen molar-refractivity contribution in [3.63, 3.8) is 0 Å². The summed E-state index contributed by atoms with van der Waals surface area (Å²) in [5.41, 5.74) is 9.33. The van der Waals surface area contributed by atoms with E-state index in [0.717, 1.165) is 47.1 Å². The molecule has 4 rings (SSSR count). The van der Waals surface area contributed by atoms with Crippen molar-refractivity contribution in [1.82, 2.24) is 10.3 Å². The topological polar surface area (TPSA) is 63.0 Å². The van der Waals surface area contributed by atoms with Crippen molar-refractivity contribution in [2.24, 2.45) is 0 Å². The maximum absolute atomic E-state index is 14.6. The van der Waals surface area contributed by atoms with E-state index in [1.54, 1.807) is 12.3 Å². The summed E-state index contributed by atoms with van der Waals surface area (Å²) in [7, 11) is 0. The molecule has 3 aromatic rings. The minimum absolute atomic E-state index is 0.208. The highest BCUT2D eigenvalue weighted by Gasteiger charge is 2.16. The van der Waals surface area contributed by atoms with Gasteiger partial charge in [0, 0.05) is 40.8 Å². The Balaban J connectivity index is 1.83. The fourth-order valence-corrected chi connectivity index (χ4v) is 3.90. The van der Waals surface area contributed by atoms with E-state index in [-0.39, 0.29) is 5.82 Å². The van der Waals surface area contributed by atoms with Crippen molar-refractivity contribution in [3.8, 4) is 11.1 Å². The third kappa shape index (κ3) is 3.74. The van der Waals surface area contributed by atoms with Crippen LogP contribution in [0.3, 0.4) is 0 Å². The van der Waals surface area contributed by atoms with Crippen molar-refractivity contribution in [2.45, 2.75) is 32.2 Å². The van der Waals surface area contributed by atoms with Crippen LogP contribution < -0.4 is 16.4 Å². The molecule has 2 heterocycles. The molecule has 0 amide bonds. The monoisotopic (exact) mass is 364 g/mol. The Morgan fingerprint density at radius 2 is 2.11 bits per heavy atom. The van der Waals surface area contributed by atoms with E-state index in [1.165, 1.54) is 18.9 Å². The molecule has 4 N–H and O–H groups in total.